The molecule has 0 saturated carbocycles. The molecule has 0 aliphatic carbocycles. The quantitative estimate of drug-likeness (QED) is 0.812. The van der Waals surface area contributed by atoms with Crippen LogP contribution in [0.4, 0.5) is 0 Å². The second-order valence-electron chi connectivity index (χ2n) is 7.38. The zero-order valence-electron chi connectivity index (χ0n) is 13.8. The molecule has 21 heavy (non-hydrogen) atoms. The Morgan fingerprint density at radius 1 is 1.33 bits per heavy atom. The fourth-order valence-electron chi connectivity index (χ4n) is 4.02. The van der Waals surface area contributed by atoms with Gasteiger partial charge in [0.25, 0.3) is 0 Å². The smallest absolute Gasteiger partial charge is 0.0920 e. The molecule has 2 aliphatic rings. The lowest BCUT2D eigenvalue weighted by Crippen LogP contribution is -2.41. The monoisotopic (exact) mass is 288 g/mol. The SMILES string of the molecule is Cc1ccccc1COC1CC2OC1(C)CCC2C(C)C. The first-order valence-corrected chi connectivity index (χ1v) is 8.33. The second-order valence-corrected chi connectivity index (χ2v) is 7.38. The number of fused-ring (bicyclic) bond motifs is 2. The van der Waals surface area contributed by atoms with Gasteiger partial charge in [-0.1, -0.05) is 38.1 Å². The van der Waals surface area contributed by atoms with Crippen LogP contribution in [0.2, 0.25) is 0 Å². The third-order valence-electron chi connectivity index (χ3n) is 5.56. The molecule has 2 heteroatoms. The van der Waals surface area contributed by atoms with E-state index in [1.165, 1.54) is 17.5 Å². The van der Waals surface area contributed by atoms with E-state index in [4.69, 9.17) is 9.47 Å². The van der Waals surface area contributed by atoms with Gasteiger partial charge in [0.1, 0.15) is 0 Å². The van der Waals surface area contributed by atoms with Gasteiger partial charge < -0.3 is 9.47 Å². The lowest BCUT2D eigenvalue weighted by atomic mass is 9.84. The van der Waals surface area contributed by atoms with Crippen LogP contribution >= 0.6 is 0 Å². The Morgan fingerprint density at radius 2 is 2.10 bits per heavy atom. The van der Waals surface area contributed by atoms with Crippen molar-refractivity contribution in [3.05, 3.63) is 35.4 Å². The summed E-state index contributed by atoms with van der Waals surface area (Å²) >= 11 is 0. The minimum absolute atomic E-state index is 0.0707. The third kappa shape index (κ3) is 2.89. The second kappa shape index (κ2) is 5.73. The van der Waals surface area contributed by atoms with Crippen LogP contribution in [0, 0.1) is 18.8 Å². The molecule has 2 nitrogen and oxygen atoms in total. The average molecular weight is 288 g/mol. The predicted octanol–water partition coefficient (Wildman–Crippen LogP) is 4.49. The summed E-state index contributed by atoms with van der Waals surface area (Å²) in [6.45, 7) is 9.73. The maximum atomic E-state index is 6.36. The summed E-state index contributed by atoms with van der Waals surface area (Å²) in [5.41, 5.74) is 2.53. The van der Waals surface area contributed by atoms with Crippen molar-refractivity contribution in [1.29, 1.82) is 0 Å². The van der Waals surface area contributed by atoms with Gasteiger partial charge in [0.15, 0.2) is 0 Å². The van der Waals surface area contributed by atoms with E-state index in [1.54, 1.807) is 0 Å². The van der Waals surface area contributed by atoms with E-state index in [9.17, 15) is 0 Å². The summed E-state index contributed by atoms with van der Waals surface area (Å²) in [5, 5.41) is 0. The lowest BCUT2D eigenvalue weighted by Gasteiger charge is -2.38. The molecule has 0 radical (unpaired) electrons. The van der Waals surface area contributed by atoms with Gasteiger partial charge in [0, 0.05) is 6.42 Å². The molecule has 116 valence electrons. The summed E-state index contributed by atoms with van der Waals surface area (Å²) in [6.07, 6.45) is 4.11. The zero-order valence-corrected chi connectivity index (χ0v) is 13.8. The molecule has 4 unspecified atom stereocenters. The molecule has 1 aromatic carbocycles. The molecule has 2 saturated heterocycles. The Labute approximate surface area is 128 Å². The molecular formula is C19H28O2. The molecule has 2 bridgehead atoms. The summed E-state index contributed by atoms with van der Waals surface area (Å²) in [5.74, 6) is 1.40. The van der Waals surface area contributed by atoms with Crippen molar-refractivity contribution in [1.82, 2.24) is 0 Å². The molecule has 0 N–H and O–H groups in total. The average Bonchev–Trinajstić information content (AvgIpc) is 2.68. The highest BCUT2D eigenvalue weighted by Gasteiger charge is 2.52. The van der Waals surface area contributed by atoms with Crippen LogP contribution in [0.5, 0.6) is 0 Å². The molecular weight excluding hydrogens is 260 g/mol. The van der Waals surface area contributed by atoms with E-state index in [0.29, 0.717) is 24.5 Å². The fraction of sp³-hybridized carbons (Fsp3) is 0.684. The van der Waals surface area contributed by atoms with Gasteiger partial charge in [0.05, 0.1) is 24.4 Å². The number of hydrogen-bond acceptors (Lipinski definition) is 2. The Balaban J connectivity index is 1.66. The van der Waals surface area contributed by atoms with Crippen LogP contribution in [-0.2, 0) is 16.1 Å². The highest BCUT2D eigenvalue weighted by Crippen LogP contribution is 2.47. The number of hydrogen-bond donors (Lipinski definition) is 0. The van der Waals surface area contributed by atoms with E-state index in [-0.39, 0.29) is 11.7 Å². The molecule has 2 fully saturated rings. The van der Waals surface area contributed by atoms with Crippen molar-refractivity contribution in [2.24, 2.45) is 11.8 Å². The first-order chi connectivity index (χ1) is 9.99. The van der Waals surface area contributed by atoms with Gasteiger partial charge in [-0.15, -0.1) is 0 Å². The summed E-state index contributed by atoms with van der Waals surface area (Å²) in [6, 6.07) is 8.49. The largest absolute Gasteiger partial charge is 0.370 e. The molecule has 2 aliphatic heterocycles. The van der Waals surface area contributed by atoms with Gasteiger partial charge in [0.2, 0.25) is 0 Å². The number of aryl methyl sites for hydroxylation is 1. The fourth-order valence-corrected chi connectivity index (χ4v) is 4.02. The van der Waals surface area contributed by atoms with E-state index in [2.05, 4.69) is 52.0 Å². The van der Waals surface area contributed by atoms with Gasteiger partial charge >= 0.3 is 0 Å². The normalized spacial score (nSPS) is 35.4. The predicted molar refractivity (Wildman–Crippen MR) is 85.2 cm³/mol. The Morgan fingerprint density at radius 3 is 2.81 bits per heavy atom. The summed E-state index contributed by atoms with van der Waals surface area (Å²) in [4.78, 5) is 0. The van der Waals surface area contributed by atoms with Crippen molar-refractivity contribution in [2.75, 3.05) is 0 Å². The summed E-state index contributed by atoms with van der Waals surface area (Å²) < 4.78 is 12.7. The molecule has 2 heterocycles. The highest BCUT2D eigenvalue weighted by molar-refractivity contribution is 5.24. The van der Waals surface area contributed by atoms with Crippen LogP contribution in [-0.4, -0.2) is 17.8 Å². The molecule has 4 atom stereocenters. The van der Waals surface area contributed by atoms with Gasteiger partial charge in [-0.3, -0.25) is 0 Å². The zero-order chi connectivity index (χ0) is 15.0. The number of benzene rings is 1. The van der Waals surface area contributed by atoms with Crippen LogP contribution in [0.25, 0.3) is 0 Å². The number of ether oxygens (including phenoxy) is 2. The first kappa shape index (κ1) is 15.1. The minimum Gasteiger partial charge on any atom is -0.370 e. The van der Waals surface area contributed by atoms with E-state index < -0.39 is 0 Å². The van der Waals surface area contributed by atoms with E-state index >= 15 is 0 Å². The Hall–Kier alpha value is -0.860. The minimum atomic E-state index is -0.0707. The van der Waals surface area contributed by atoms with E-state index in [0.717, 1.165) is 12.8 Å². The van der Waals surface area contributed by atoms with Gasteiger partial charge in [-0.25, -0.2) is 0 Å². The Kier molecular flexibility index (Phi) is 4.11. The first-order valence-electron chi connectivity index (χ1n) is 8.33. The van der Waals surface area contributed by atoms with Crippen LogP contribution in [0.3, 0.4) is 0 Å². The van der Waals surface area contributed by atoms with Crippen LogP contribution in [0.15, 0.2) is 24.3 Å². The van der Waals surface area contributed by atoms with Crippen molar-refractivity contribution in [3.63, 3.8) is 0 Å². The lowest BCUT2D eigenvalue weighted by molar-refractivity contribution is -0.139. The van der Waals surface area contributed by atoms with Crippen molar-refractivity contribution >= 4 is 0 Å². The summed E-state index contributed by atoms with van der Waals surface area (Å²) in [7, 11) is 0. The third-order valence-corrected chi connectivity index (χ3v) is 5.56. The maximum absolute atomic E-state index is 6.36. The van der Waals surface area contributed by atoms with Gasteiger partial charge in [-0.05, 0) is 49.7 Å². The van der Waals surface area contributed by atoms with Gasteiger partial charge in [-0.2, -0.15) is 0 Å². The molecule has 1 aromatic rings. The van der Waals surface area contributed by atoms with Crippen molar-refractivity contribution in [3.8, 4) is 0 Å². The molecule has 3 rings (SSSR count). The number of rotatable bonds is 4. The maximum Gasteiger partial charge on any atom is 0.0920 e. The topological polar surface area (TPSA) is 18.5 Å². The Bertz CT molecular complexity index is 496. The molecule has 0 amide bonds. The van der Waals surface area contributed by atoms with Crippen LogP contribution < -0.4 is 0 Å². The highest BCUT2D eigenvalue weighted by atomic mass is 16.6. The molecule has 0 aromatic heterocycles. The van der Waals surface area contributed by atoms with Crippen LogP contribution in [0.1, 0.15) is 51.2 Å². The molecule has 0 spiro atoms. The van der Waals surface area contributed by atoms with E-state index in [1.807, 2.05) is 0 Å². The van der Waals surface area contributed by atoms with Crippen molar-refractivity contribution in [2.45, 2.75) is 71.4 Å². The standard InChI is InChI=1S/C19H28O2/c1-13(2)16-9-10-19(4)18(11-17(16)21-19)20-12-15-8-6-5-7-14(15)3/h5-8,13,16-18H,9-12H2,1-4H3. The van der Waals surface area contributed by atoms with Crippen molar-refractivity contribution < 1.29 is 9.47 Å².